The zero-order valence-electron chi connectivity index (χ0n) is 22.5. The lowest BCUT2D eigenvalue weighted by molar-refractivity contribution is -0.130. The Morgan fingerprint density at radius 3 is 2.66 bits per heavy atom. The van der Waals surface area contributed by atoms with Gasteiger partial charge in [-0.2, -0.15) is 0 Å². The molecular weight excluding hydrogens is 500 g/mol. The van der Waals surface area contributed by atoms with E-state index in [0.29, 0.717) is 54.2 Å². The number of phenols is 1. The lowest BCUT2D eigenvalue weighted by Crippen LogP contribution is -2.41. The predicted octanol–water partition coefficient (Wildman–Crippen LogP) is 5.90. The number of nitrogens with one attached hydrogen (secondary N) is 1. The van der Waals surface area contributed by atoms with E-state index in [0.717, 1.165) is 33.5 Å². The average molecular weight is 535 g/mol. The van der Waals surface area contributed by atoms with Crippen LogP contribution < -0.4 is 14.8 Å². The molecule has 1 fully saturated rings. The van der Waals surface area contributed by atoms with Gasteiger partial charge in [0.25, 0.3) is 5.91 Å². The van der Waals surface area contributed by atoms with Gasteiger partial charge in [-0.15, -0.1) is 11.8 Å². The maximum Gasteiger partial charge on any atom is 0.260 e. The van der Waals surface area contributed by atoms with Crippen LogP contribution in [0.5, 0.6) is 17.2 Å². The quantitative estimate of drug-likeness (QED) is 0.462. The van der Waals surface area contributed by atoms with E-state index in [1.807, 2.05) is 24.0 Å². The van der Waals surface area contributed by atoms with Crippen molar-refractivity contribution in [3.8, 4) is 28.4 Å². The summed E-state index contributed by atoms with van der Waals surface area (Å²) in [6, 6.07) is 7.48. The number of rotatable bonds is 5. The number of fused-ring (bicyclic) bond motifs is 5. The number of phenolic OH excluding ortho intramolecular Hbond substituents is 1. The van der Waals surface area contributed by atoms with Gasteiger partial charge in [-0.3, -0.25) is 4.79 Å². The van der Waals surface area contributed by atoms with Crippen molar-refractivity contribution in [3.05, 3.63) is 58.5 Å². The normalized spacial score (nSPS) is 19.0. The number of carbonyl (C=O) groups is 1. The molecule has 3 aliphatic rings. The van der Waals surface area contributed by atoms with Crippen molar-refractivity contribution in [2.24, 2.45) is 0 Å². The van der Waals surface area contributed by atoms with Crippen LogP contribution in [0.1, 0.15) is 38.8 Å². The fraction of sp³-hybridized carbons (Fsp3) is 0.367. The van der Waals surface area contributed by atoms with Gasteiger partial charge in [0.15, 0.2) is 11.5 Å². The van der Waals surface area contributed by atoms with Gasteiger partial charge in [0.1, 0.15) is 11.5 Å². The summed E-state index contributed by atoms with van der Waals surface area (Å²) in [5.74, 6) is 2.37. The Bertz CT molecular complexity index is 1370. The first-order valence-electron chi connectivity index (χ1n) is 12.8. The Kier molecular flexibility index (Phi) is 7.20. The first kappa shape index (κ1) is 26.3. The molecule has 38 heavy (non-hydrogen) atoms. The van der Waals surface area contributed by atoms with Crippen LogP contribution in [-0.2, 0) is 9.53 Å². The number of ether oxygens (including phenoxy) is 3. The fourth-order valence-corrected chi connectivity index (χ4v) is 6.22. The topological polar surface area (TPSA) is 80.3 Å². The largest absolute Gasteiger partial charge is 0.504 e. The number of nitrogens with zero attached hydrogens (tertiary/aromatic N) is 1. The van der Waals surface area contributed by atoms with E-state index >= 15 is 0 Å². The van der Waals surface area contributed by atoms with Crippen molar-refractivity contribution in [3.63, 3.8) is 0 Å². The van der Waals surface area contributed by atoms with Crippen molar-refractivity contribution < 1.29 is 24.1 Å². The van der Waals surface area contributed by atoms with Crippen LogP contribution in [0.2, 0.25) is 0 Å². The van der Waals surface area contributed by atoms with Crippen molar-refractivity contribution in [2.75, 3.05) is 44.5 Å². The minimum Gasteiger partial charge on any atom is -0.504 e. The van der Waals surface area contributed by atoms with E-state index in [2.05, 4.69) is 44.3 Å². The van der Waals surface area contributed by atoms with Crippen LogP contribution in [0.4, 0.5) is 5.69 Å². The zero-order chi connectivity index (χ0) is 27.0. The first-order chi connectivity index (χ1) is 18.2. The molecule has 2 aromatic rings. The van der Waals surface area contributed by atoms with Gasteiger partial charge in [-0.25, -0.2) is 0 Å². The molecule has 0 aliphatic carbocycles. The molecule has 0 radical (unpaired) electrons. The average Bonchev–Trinajstić information content (AvgIpc) is 2.90. The number of thioether (sulfide) groups is 1. The minimum absolute atomic E-state index is 0.0392. The molecule has 5 rings (SSSR count). The molecule has 0 saturated carbocycles. The number of hydrogen-bond acceptors (Lipinski definition) is 7. The van der Waals surface area contributed by atoms with Gasteiger partial charge < -0.3 is 29.5 Å². The number of benzene rings is 2. The molecule has 2 aromatic carbocycles. The standard InChI is InChI=1S/C30H34N2O5S/c1-6-24(29(34)32-12-14-36-15-13-32)38-16-11-23-26-19(27-22(37-23)10-9-21(33)28(27)35-5)7-8-20-25(26)18(2)17-30(3,4)31-20/h6-11,17,31,33H,12-16H2,1-5H3/b23-11-,24-6-. The Morgan fingerprint density at radius 2 is 1.95 bits per heavy atom. The first-order valence-corrected chi connectivity index (χ1v) is 13.8. The molecule has 1 amide bonds. The summed E-state index contributed by atoms with van der Waals surface area (Å²) < 4.78 is 17.5. The van der Waals surface area contributed by atoms with Gasteiger partial charge in [0, 0.05) is 41.2 Å². The second-order valence-electron chi connectivity index (χ2n) is 10.1. The number of methoxy groups -OCH3 is 1. The summed E-state index contributed by atoms with van der Waals surface area (Å²) in [6.45, 7) is 10.7. The molecule has 3 heterocycles. The van der Waals surface area contributed by atoms with Gasteiger partial charge in [-0.05, 0) is 57.5 Å². The molecule has 2 N–H and O–H groups in total. The number of aromatic hydroxyl groups is 1. The number of anilines is 1. The van der Waals surface area contributed by atoms with Crippen LogP contribution in [0.3, 0.4) is 0 Å². The van der Waals surface area contributed by atoms with Crippen LogP contribution in [0.15, 0.2) is 47.4 Å². The Balaban J connectivity index is 1.55. The molecule has 0 spiro atoms. The summed E-state index contributed by atoms with van der Waals surface area (Å²) in [6.07, 6.45) is 6.13. The minimum atomic E-state index is -0.185. The lowest BCUT2D eigenvalue weighted by Gasteiger charge is -2.35. The van der Waals surface area contributed by atoms with Crippen LogP contribution in [-0.4, -0.2) is 60.6 Å². The Morgan fingerprint density at radius 1 is 1.18 bits per heavy atom. The van der Waals surface area contributed by atoms with E-state index in [9.17, 15) is 9.90 Å². The number of morpholine rings is 1. The third-order valence-corrected chi connectivity index (χ3v) is 8.01. The highest BCUT2D eigenvalue weighted by molar-refractivity contribution is 8.04. The molecular formula is C30H34N2O5S. The van der Waals surface area contributed by atoms with E-state index in [-0.39, 0.29) is 17.2 Å². The van der Waals surface area contributed by atoms with Crippen molar-refractivity contribution in [1.29, 1.82) is 0 Å². The van der Waals surface area contributed by atoms with E-state index in [1.54, 1.807) is 19.2 Å². The highest BCUT2D eigenvalue weighted by Gasteiger charge is 2.33. The highest BCUT2D eigenvalue weighted by Crippen LogP contribution is 2.53. The number of hydrogen-bond donors (Lipinski definition) is 2. The Hall–Kier alpha value is -3.36. The molecule has 8 heteroatoms. The SMILES string of the molecule is C/C=C(\SC/C=C1\Oc2ccc(O)c(OC)c2-c2ccc3c(c21)C(C)=CC(C)(C)N3)C(=O)N1CCOCC1. The Labute approximate surface area is 228 Å². The summed E-state index contributed by atoms with van der Waals surface area (Å²) in [7, 11) is 1.55. The molecule has 0 atom stereocenters. The number of carbonyl (C=O) groups excluding carboxylic acids is 1. The second-order valence-corrected chi connectivity index (χ2v) is 11.2. The number of amides is 1. The van der Waals surface area contributed by atoms with Crippen molar-refractivity contribution >= 4 is 34.7 Å². The predicted molar refractivity (Wildman–Crippen MR) is 154 cm³/mol. The fourth-order valence-electron chi connectivity index (χ4n) is 5.39. The molecule has 7 nitrogen and oxygen atoms in total. The summed E-state index contributed by atoms with van der Waals surface area (Å²) in [5, 5.41) is 14.2. The molecule has 0 bridgehead atoms. The van der Waals surface area contributed by atoms with Gasteiger partial charge in [0.2, 0.25) is 0 Å². The monoisotopic (exact) mass is 534 g/mol. The van der Waals surface area contributed by atoms with Crippen molar-refractivity contribution in [1.82, 2.24) is 4.90 Å². The summed E-state index contributed by atoms with van der Waals surface area (Å²) in [4.78, 5) is 15.6. The lowest BCUT2D eigenvalue weighted by atomic mass is 9.83. The maximum absolute atomic E-state index is 13.0. The van der Waals surface area contributed by atoms with Gasteiger partial charge in [0.05, 0.1) is 36.3 Å². The van der Waals surface area contributed by atoms with Crippen LogP contribution >= 0.6 is 11.8 Å². The molecule has 0 unspecified atom stereocenters. The van der Waals surface area contributed by atoms with E-state index in [1.165, 1.54) is 11.8 Å². The molecule has 0 aromatic heterocycles. The van der Waals surface area contributed by atoms with Crippen molar-refractivity contribution in [2.45, 2.75) is 33.2 Å². The molecule has 1 saturated heterocycles. The number of allylic oxidation sites excluding steroid dienone is 2. The summed E-state index contributed by atoms with van der Waals surface area (Å²) in [5.41, 5.74) is 5.64. The van der Waals surface area contributed by atoms with Crippen LogP contribution in [0.25, 0.3) is 22.5 Å². The molecule has 200 valence electrons. The van der Waals surface area contributed by atoms with E-state index in [4.69, 9.17) is 14.2 Å². The third-order valence-electron chi connectivity index (χ3n) is 6.95. The second kappa shape index (κ2) is 10.4. The van der Waals surface area contributed by atoms with E-state index < -0.39 is 0 Å². The highest BCUT2D eigenvalue weighted by atomic mass is 32.2. The smallest absolute Gasteiger partial charge is 0.260 e. The maximum atomic E-state index is 13.0. The summed E-state index contributed by atoms with van der Waals surface area (Å²) >= 11 is 1.50. The third kappa shape index (κ3) is 4.78. The van der Waals surface area contributed by atoms with Crippen LogP contribution in [0, 0.1) is 0 Å². The van der Waals surface area contributed by atoms with Gasteiger partial charge >= 0.3 is 0 Å². The van der Waals surface area contributed by atoms with Gasteiger partial charge in [-0.1, -0.05) is 18.2 Å². The zero-order valence-corrected chi connectivity index (χ0v) is 23.3. The molecule has 3 aliphatic heterocycles.